The van der Waals surface area contributed by atoms with Crippen LogP contribution in [0.3, 0.4) is 0 Å². The molecule has 100 valence electrons. The van der Waals surface area contributed by atoms with Crippen LogP contribution in [0.4, 0.5) is 0 Å². The Morgan fingerprint density at radius 2 is 2.24 bits per heavy atom. The largest absolute Gasteiger partial charge is 0.388 e. The molecule has 0 aromatic rings. The molecule has 0 heterocycles. The van der Waals surface area contributed by atoms with Gasteiger partial charge in [-0.15, -0.1) is 0 Å². The first-order chi connectivity index (χ1) is 7.94. The van der Waals surface area contributed by atoms with Crippen LogP contribution >= 0.6 is 0 Å². The lowest BCUT2D eigenvalue weighted by Crippen LogP contribution is -2.44. The van der Waals surface area contributed by atoms with Gasteiger partial charge in [-0.3, -0.25) is 4.79 Å². The van der Waals surface area contributed by atoms with Gasteiger partial charge in [-0.05, 0) is 32.6 Å². The molecule has 4 N–H and O–H groups in total. The lowest BCUT2D eigenvalue weighted by atomic mass is 9.85. The second-order valence-corrected chi connectivity index (χ2v) is 5.59. The highest BCUT2D eigenvalue weighted by Gasteiger charge is 2.27. The van der Waals surface area contributed by atoms with E-state index in [1.165, 1.54) is 0 Å². The number of nitrogens with one attached hydrogen (secondary N) is 1. The van der Waals surface area contributed by atoms with Crippen molar-refractivity contribution < 1.29 is 9.90 Å². The molecule has 0 radical (unpaired) electrons. The van der Waals surface area contributed by atoms with Crippen molar-refractivity contribution in [1.29, 1.82) is 0 Å². The average molecular weight is 242 g/mol. The maximum atomic E-state index is 11.9. The molecule has 3 unspecified atom stereocenters. The number of nitrogens with two attached hydrogens (primary N) is 1. The first-order valence-electron chi connectivity index (χ1n) is 6.70. The Kier molecular flexibility index (Phi) is 5.40. The van der Waals surface area contributed by atoms with Crippen LogP contribution in [-0.4, -0.2) is 29.2 Å². The van der Waals surface area contributed by atoms with Crippen molar-refractivity contribution in [2.75, 3.05) is 6.54 Å². The van der Waals surface area contributed by atoms with E-state index in [9.17, 15) is 9.90 Å². The number of hydrogen-bond acceptors (Lipinski definition) is 3. The molecule has 1 saturated carbocycles. The SMILES string of the molecule is CCCC(C)(O)CNC(=O)C1CCCC(N)C1. The van der Waals surface area contributed by atoms with Crippen LogP contribution in [-0.2, 0) is 4.79 Å². The van der Waals surface area contributed by atoms with Crippen molar-refractivity contribution in [3.05, 3.63) is 0 Å². The van der Waals surface area contributed by atoms with Crippen LogP contribution in [0, 0.1) is 5.92 Å². The van der Waals surface area contributed by atoms with E-state index < -0.39 is 5.60 Å². The van der Waals surface area contributed by atoms with E-state index in [0.717, 1.165) is 32.1 Å². The predicted molar refractivity (Wildman–Crippen MR) is 68.5 cm³/mol. The topological polar surface area (TPSA) is 75.3 Å². The minimum absolute atomic E-state index is 0.0381. The smallest absolute Gasteiger partial charge is 0.223 e. The molecular formula is C13H26N2O2. The lowest BCUT2D eigenvalue weighted by molar-refractivity contribution is -0.127. The molecule has 0 aliphatic heterocycles. The van der Waals surface area contributed by atoms with Crippen LogP contribution in [0.15, 0.2) is 0 Å². The molecular weight excluding hydrogens is 216 g/mol. The fraction of sp³-hybridized carbons (Fsp3) is 0.923. The standard InChI is InChI=1S/C13H26N2O2/c1-3-7-13(2,17)9-15-12(16)10-5-4-6-11(14)8-10/h10-11,17H,3-9,14H2,1-2H3,(H,15,16). The Labute approximate surface area is 104 Å². The van der Waals surface area contributed by atoms with Gasteiger partial charge in [-0.2, -0.15) is 0 Å². The quantitative estimate of drug-likeness (QED) is 0.677. The van der Waals surface area contributed by atoms with E-state index >= 15 is 0 Å². The van der Waals surface area contributed by atoms with Gasteiger partial charge < -0.3 is 16.2 Å². The maximum absolute atomic E-state index is 11.9. The molecule has 4 heteroatoms. The first kappa shape index (κ1) is 14.5. The molecule has 1 aliphatic carbocycles. The molecule has 1 fully saturated rings. The van der Waals surface area contributed by atoms with E-state index in [1.807, 2.05) is 6.92 Å². The van der Waals surface area contributed by atoms with Gasteiger partial charge >= 0.3 is 0 Å². The van der Waals surface area contributed by atoms with Crippen LogP contribution in [0.25, 0.3) is 0 Å². The second-order valence-electron chi connectivity index (χ2n) is 5.59. The fourth-order valence-electron chi connectivity index (χ4n) is 2.51. The zero-order chi connectivity index (χ0) is 12.9. The van der Waals surface area contributed by atoms with Gasteiger partial charge in [0, 0.05) is 18.5 Å². The number of amides is 1. The van der Waals surface area contributed by atoms with Gasteiger partial charge in [0.15, 0.2) is 0 Å². The van der Waals surface area contributed by atoms with Gasteiger partial charge in [0.2, 0.25) is 5.91 Å². The predicted octanol–water partition coefficient (Wildman–Crippen LogP) is 1.17. The van der Waals surface area contributed by atoms with Crippen LogP contribution < -0.4 is 11.1 Å². The Balaban J connectivity index is 2.33. The summed E-state index contributed by atoms with van der Waals surface area (Å²) in [7, 11) is 0. The number of rotatable bonds is 5. The number of aliphatic hydroxyl groups is 1. The summed E-state index contributed by atoms with van der Waals surface area (Å²) in [5, 5.41) is 12.8. The highest BCUT2D eigenvalue weighted by Crippen LogP contribution is 2.23. The van der Waals surface area contributed by atoms with Crippen molar-refractivity contribution in [1.82, 2.24) is 5.32 Å². The minimum atomic E-state index is -0.790. The molecule has 1 amide bonds. The third-order valence-corrected chi connectivity index (χ3v) is 3.52. The van der Waals surface area contributed by atoms with Crippen LogP contribution in [0.5, 0.6) is 0 Å². The normalized spacial score (nSPS) is 28.5. The van der Waals surface area contributed by atoms with Crippen molar-refractivity contribution in [3.8, 4) is 0 Å². The summed E-state index contributed by atoms with van der Waals surface area (Å²) in [5.41, 5.74) is 5.07. The maximum Gasteiger partial charge on any atom is 0.223 e. The van der Waals surface area contributed by atoms with Crippen molar-refractivity contribution in [2.24, 2.45) is 11.7 Å². The molecule has 0 aromatic heterocycles. The van der Waals surface area contributed by atoms with Crippen molar-refractivity contribution in [3.63, 3.8) is 0 Å². The van der Waals surface area contributed by atoms with E-state index in [0.29, 0.717) is 13.0 Å². The van der Waals surface area contributed by atoms with Crippen molar-refractivity contribution >= 4 is 5.91 Å². The molecule has 0 aromatic carbocycles. The zero-order valence-electron chi connectivity index (χ0n) is 11.0. The molecule has 1 aliphatic rings. The molecule has 0 saturated heterocycles. The van der Waals surface area contributed by atoms with Crippen LogP contribution in [0.1, 0.15) is 52.4 Å². The average Bonchev–Trinajstić information content (AvgIpc) is 2.26. The van der Waals surface area contributed by atoms with Gasteiger partial charge in [0.1, 0.15) is 0 Å². The second kappa shape index (κ2) is 6.36. The van der Waals surface area contributed by atoms with Crippen LogP contribution in [0.2, 0.25) is 0 Å². The van der Waals surface area contributed by atoms with E-state index in [1.54, 1.807) is 6.92 Å². The summed E-state index contributed by atoms with van der Waals surface area (Å²) >= 11 is 0. The molecule has 4 nitrogen and oxygen atoms in total. The molecule has 1 rings (SSSR count). The van der Waals surface area contributed by atoms with Gasteiger partial charge in [-0.25, -0.2) is 0 Å². The Morgan fingerprint density at radius 1 is 1.53 bits per heavy atom. The number of carbonyl (C=O) groups excluding carboxylic acids is 1. The summed E-state index contributed by atoms with van der Waals surface area (Å²) in [4.78, 5) is 11.9. The van der Waals surface area contributed by atoms with Gasteiger partial charge in [0.25, 0.3) is 0 Å². The molecule has 17 heavy (non-hydrogen) atoms. The highest BCUT2D eigenvalue weighted by atomic mass is 16.3. The highest BCUT2D eigenvalue weighted by molar-refractivity contribution is 5.78. The Bertz CT molecular complexity index is 254. The third kappa shape index (κ3) is 5.04. The van der Waals surface area contributed by atoms with Crippen molar-refractivity contribution in [2.45, 2.75) is 64.0 Å². The van der Waals surface area contributed by atoms with Gasteiger partial charge in [-0.1, -0.05) is 19.8 Å². The van der Waals surface area contributed by atoms with E-state index in [4.69, 9.17) is 5.73 Å². The summed E-state index contributed by atoms with van der Waals surface area (Å²) in [6.45, 7) is 4.13. The monoisotopic (exact) mass is 242 g/mol. The summed E-state index contributed by atoms with van der Waals surface area (Å²) in [5.74, 6) is 0.0905. The van der Waals surface area contributed by atoms with Gasteiger partial charge in [0.05, 0.1) is 5.60 Å². The minimum Gasteiger partial charge on any atom is -0.388 e. The summed E-state index contributed by atoms with van der Waals surface area (Å²) in [6, 6.07) is 0.163. The number of hydrogen-bond donors (Lipinski definition) is 3. The Hall–Kier alpha value is -0.610. The summed E-state index contributed by atoms with van der Waals surface area (Å²) in [6.07, 6.45) is 5.38. The molecule has 0 spiro atoms. The number of carbonyl (C=O) groups is 1. The Morgan fingerprint density at radius 3 is 2.82 bits per heavy atom. The van der Waals surface area contributed by atoms with E-state index in [2.05, 4.69) is 5.32 Å². The lowest BCUT2D eigenvalue weighted by Gasteiger charge is -2.28. The summed E-state index contributed by atoms with van der Waals surface area (Å²) < 4.78 is 0. The zero-order valence-corrected chi connectivity index (χ0v) is 11.0. The third-order valence-electron chi connectivity index (χ3n) is 3.52. The fourth-order valence-corrected chi connectivity index (χ4v) is 2.51. The van der Waals surface area contributed by atoms with E-state index in [-0.39, 0.29) is 17.9 Å². The molecule has 0 bridgehead atoms. The molecule has 3 atom stereocenters. The first-order valence-corrected chi connectivity index (χ1v) is 6.70.